The number of aromatic nitrogens is 3. The van der Waals surface area contributed by atoms with Crippen molar-refractivity contribution in [1.29, 1.82) is 0 Å². The second kappa shape index (κ2) is 12.2. The Bertz CT molecular complexity index is 1930. The molecule has 1 amide bonds. The van der Waals surface area contributed by atoms with E-state index < -0.39 is 41.2 Å². The summed E-state index contributed by atoms with van der Waals surface area (Å²) in [5, 5.41) is 13.0. The Kier molecular flexibility index (Phi) is 8.14. The molecule has 14 heteroatoms. The zero-order chi connectivity index (χ0) is 34.7. The lowest BCUT2D eigenvalue weighted by molar-refractivity contribution is -0.143. The maximum absolute atomic E-state index is 14.5. The zero-order valence-electron chi connectivity index (χ0n) is 25.9. The molecule has 8 nitrogen and oxygen atoms in total. The first-order chi connectivity index (χ1) is 23.3. The third-order valence-corrected chi connectivity index (χ3v) is 9.47. The fraction of sp³-hybridized carbons (Fsp3) is 0.371. The molecule has 2 aromatic heterocycles. The molecule has 1 unspecified atom stereocenters. The summed E-state index contributed by atoms with van der Waals surface area (Å²) in [6, 6.07) is 13.6. The molecule has 256 valence electrons. The summed E-state index contributed by atoms with van der Waals surface area (Å²) in [7, 11) is 0. The number of carbonyl (C=O) groups is 2. The monoisotopic (exact) mass is 684 g/mol. The van der Waals surface area contributed by atoms with Crippen molar-refractivity contribution in [3.8, 4) is 22.8 Å². The number of benzene rings is 2. The van der Waals surface area contributed by atoms with E-state index in [2.05, 4.69) is 10.1 Å². The first-order valence-corrected chi connectivity index (χ1v) is 15.9. The lowest BCUT2D eigenvalue weighted by Crippen LogP contribution is -2.38. The van der Waals surface area contributed by atoms with Crippen molar-refractivity contribution >= 4 is 11.9 Å². The number of pyridine rings is 1. The number of ether oxygens (including phenoxy) is 1. The Labute approximate surface area is 276 Å². The first kappa shape index (κ1) is 32.7. The van der Waals surface area contributed by atoms with Crippen molar-refractivity contribution in [2.45, 2.75) is 62.9 Å². The molecule has 1 saturated carbocycles. The van der Waals surface area contributed by atoms with E-state index in [1.807, 2.05) is 11.0 Å². The van der Waals surface area contributed by atoms with Crippen LogP contribution in [0.5, 0.6) is 5.75 Å². The van der Waals surface area contributed by atoms with E-state index in [1.54, 1.807) is 24.3 Å². The number of nitrogens with zero attached hydrogens (tertiary/aromatic N) is 4. The maximum Gasteiger partial charge on any atom is 0.434 e. The van der Waals surface area contributed by atoms with E-state index in [4.69, 9.17) is 4.74 Å². The Morgan fingerprint density at radius 2 is 1.61 bits per heavy atom. The van der Waals surface area contributed by atoms with Crippen molar-refractivity contribution < 1.29 is 45.8 Å². The van der Waals surface area contributed by atoms with Crippen LogP contribution < -0.4 is 4.74 Å². The summed E-state index contributed by atoms with van der Waals surface area (Å²) < 4.78 is 91.7. The third kappa shape index (κ3) is 6.35. The van der Waals surface area contributed by atoms with Gasteiger partial charge in [-0.25, -0.2) is 14.5 Å². The second-order valence-corrected chi connectivity index (χ2v) is 12.7. The van der Waals surface area contributed by atoms with Crippen molar-refractivity contribution in [2.75, 3.05) is 13.1 Å². The smallest absolute Gasteiger partial charge is 0.434 e. The van der Waals surface area contributed by atoms with Crippen LogP contribution in [0.3, 0.4) is 0 Å². The van der Waals surface area contributed by atoms with Gasteiger partial charge in [-0.3, -0.25) is 4.79 Å². The SMILES string of the molecule is O=C(O)c1cnn(-c2cccc(-c3cccc4c3C(Oc3ccc(C5CCN(C(=O)C6CC6)CC5)cc3C(F)(F)F)CC4)n2)c1C(F)(F)F. The van der Waals surface area contributed by atoms with Crippen LogP contribution in [0.2, 0.25) is 0 Å². The van der Waals surface area contributed by atoms with Gasteiger partial charge in [-0.1, -0.05) is 30.3 Å². The number of alkyl halides is 6. The van der Waals surface area contributed by atoms with Gasteiger partial charge < -0.3 is 14.7 Å². The minimum Gasteiger partial charge on any atom is -0.485 e. The quantitative estimate of drug-likeness (QED) is 0.199. The summed E-state index contributed by atoms with van der Waals surface area (Å²) >= 11 is 0. The Morgan fingerprint density at radius 3 is 2.29 bits per heavy atom. The van der Waals surface area contributed by atoms with E-state index in [9.17, 15) is 41.0 Å². The fourth-order valence-corrected chi connectivity index (χ4v) is 6.93. The average Bonchev–Trinajstić information content (AvgIpc) is 3.68. The number of fused-ring (bicyclic) bond motifs is 1. The topological polar surface area (TPSA) is 97.5 Å². The van der Waals surface area contributed by atoms with Gasteiger partial charge in [-0.2, -0.15) is 31.4 Å². The number of likely N-dealkylation sites (tertiary alicyclic amines) is 1. The van der Waals surface area contributed by atoms with Crippen LogP contribution >= 0.6 is 0 Å². The second-order valence-electron chi connectivity index (χ2n) is 12.7. The van der Waals surface area contributed by atoms with Crippen LogP contribution in [-0.4, -0.2) is 49.7 Å². The van der Waals surface area contributed by atoms with Gasteiger partial charge >= 0.3 is 18.3 Å². The van der Waals surface area contributed by atoms with Gasteiger partial charge in [0.15, 0.2) is 11.5 Å². The molecule has 2 aliphatic carbocycles. The molecule has 1 saturated heterocycles. The lowest BCUT2D eigenvalue weighted by Gasteiger charge is -2.33. The highest BCUT2D eigenvalue weighted by Gasteiger charge is 2.42. The minimum absolute atomic E-state index is 0.0939. The van der Waals surface area contributed by atoms with Crippen molar-refractivity contribution in [2.24, 2.45) is 5.92 Å². The Balaban J connectivity index is 1.18. The number of hydrogen-bond acceptors (Lipinski definition) is 5. The zero-order valence-corrected chi connectivity index (χ0v) is 25.9. The van der Waals surface area contributed by atoms with Crippen molar-refractivity contribution in [3.05, 3.63) is 94.3 Å². The minimum atomic E-state index is -5.05. The molecule has 0 bridgehead atoms. The molecule has 7 rings (SSSR count). The molecule has 0 spiro atoms. The number of rotatable bonds is 7. The first-order valence-electron chi connectivity index (χ1n) is 15.9. The van der Waals surface area contributed by atoms with Crippen LogP contribution in [0.25, 0.3) is 17.1 Å². The van der Waals surface area contributed by atoms with Gasteiger partial charge in [-0.15, -0.1) is 0 Å². The van der Waals surface area contributed by atoms with E-state index in [0.29, 0.717) is 66.3 Å². The molecule has 2 aromatic carbocycles. The molecular weight excluding hydrogens is 654 g/mol. The molecule has 1 N–H and O–H groups in total. The molecule has 2 fully saturated rings. The highest BCUT2D eigenvalue weighted by Crippen LogP contribution is 2.45. The number of aromatic carboxylic acids is 1. The summed E-state index contributed by atoms with van der Waals surface area (Å²) in [5.41, 5.74) is -0.855. The summed E-state index contributed by atoms with van der Waals surface area (Å²) in [6.45, 7) is 1.02. The molecule has 4 aromatic rings. The van der Waals surface area contributed by atoms with Crippen LogP contribution in [0, 0.1) is 5.92 Å². The number of carboxylic acids is 1. The van der Waals surface area contributed by atoms with E-state index in [-0.39, 0.29) is 35.0 Å². The number of carbonyl (C=O) groups excluding carboxylic acids is 1. The number of amides is 1. The lowest BCUT2D eigenvalue weighted by atomic mass is 9.88. The number of piperidine rings is 1. The molecular formula is C35H30F6N4O4. The maximum atomic E-state index is 14.5. The van der Waals surface area contributed by atoms with Gasteiger partial charge in [0.2, 0.25) is 5.91 Å². The molecule has 1 atom stereocenters. The predicted molar refractivity (Wildman–Crippen MR) is 163 cm³/mol. The summed E-state index contributed by atoms with van der Waals surface area (Å²) in [6.07, 6.45) is -6.18. The van der Waals surface area contributed by atoms with Gasteiger partial charge in [0.1, 0.15) is 17.4 Å². The molecule has 49 heavy (non-hydrogen) atoms. The van der Waals surface area contributed by atoms with Crippen molar-refractivity contribution in [1.82, 2.24) is 19.7 Å². The van der Waals surface area contributed by atoms with Crippen molar-refractivity contribution in [3.63, 3.8) is 0 Å². The number of halogens is 6. The van der Waals surface area contributed by atoms with Crippen LogP contribution in [-0.2, 0) is 23.6 Å². The molecule has 1 aliphatic heterocycles. The Morgan fingerprint density at radius 1 is 0.878 bits per heavy atom. The van der Waals surface area contributed by atoms with E-state index in [0.717, 1.165) is 24.5 Å². The average molecular weight is 685 g/mol. The summed E-state index contributed by atoms with van der Waals surface area (Å²) in [5.74, 6) is -2.32. The van der Waals surface area contributed by atoms with Crippen LogP contribution in [0.4, 0.5) is 26.3 Å². The van der Waals surface area contributed by atoms with Crippen LogP contribution in [0.15, 0.2) is 60.8 Å². The normalized spacial score (nSPS) is 18.4. The summed E-state index contributed by atoms with van der Waals surface area (Å²) in [4.78, 5) is 30.1. The molecule has 3 heterocycles. The van der Waals surface area contributed by atoms with Gasteiger partial charge in [0.25, 0.3) is 0 Å². The van der Waals surface area contributed by atoms with Gasteiger partial charge in [0.05, 0.1) is 17.5 Å². The Hall–Kier alpha value is -4.88. The third-order valence-electron chi connectivity index (χ3n) is 9.47. The van der Waals surface area contributed by atoms with Crippen LogP contribution in [0.1, 0.15) is 82.4 Å². The number of carboxylic acid groups (broad SMARTS) is 1. The largest absolute Gasteiger partial charge is 0.485 e. The number of hydrogen-bond donors (Lipinski definition) is 1. The predicted octanol–water partition coefficient (Wildman–Crippen LogP) is 7.85. The van der Waals surface area contributed by atoms with Gasteiger partial charge in [0, 0.05) is 30.1 Å². The number of aryl methyl sites for hydroxylation is 1. The highest BCUT2D eigenvalue weighted by atomic mass is 19.4. The molecule has 3 aliphatic rings. The standard InChI is InChI=1S/C35H30F6N4O4/c36-34(37,38)25-17-22(19-13-15-44(16-14-19)32(46)21-7-8-21)10-11-27(25)49-28-12-9-20-3-1-4-23(30(20)28)26-5-2-6-29(43-26)45-31(35(39,40)41)24(18-42-45)33(47)48/h1-6,10-11,17-19,21,28H,7-9,12-16H2,(H,47,48). The molecule has 0 radical (unpaired) electrons. The van der Waals surface area contributed by atoms with E-state index >= 15 is 0 Å². The highest BCUT2D eigenvalue weighted by molar-refractivity contribution is 5.89. The fourth-order valence-electron chi connectivity index (χ4n) is 6.93. The van der Waals surface area contributed by atoms with Gasteiger partial charge in [-0.05, 0) is 79.8 Å². The van der Waals surface area contributed by atoms with E-state index in [1.165, 1.54) is 18.2 Å².